The summed E-state index contributed by atoms with van der Waals surface area (Å²) in [5, 5.41) is 3.37. The zero-order chi connectivity index (χ0) is 13.0. The van der Waals surface area contributed by atoms with E-state index in [9.17, 15) is 0 Å². The van der Waals surface area contributed by atoms with Gasteiger partial charge in [0.1, 0.15) is 5.75 Å². The Kier molecular flexibility index (Phi) is 6.55. The number of halogens is 1. The number of nitrogens with zero attached hydrogens (tertiary/aromatic N) is 2. The van der Waals surface area contributed by atoms with Gasteiger partial charge in [0, 0.05) is 37.0 Å². The Labute approximate surface area is 122 Å². The molecular formula is C14H24ClN3O. The fraction of sp³-hybridized carbons (Fsp3) is 0.643. The van der Waals surface area contributed by atoms with Crippen LogP contribution in [-0.4, -0.2) is 43.2 Å². The Bertz CT molecular complexity index is 400. The molecule has 0 saturated carbocycles. The lowest BCUT2D eigenvalue weighted by Gasteiger charge is -2.32. The van der Waals surface area contributed by atoms with E-state index in [1.54, 1.807) is 7.11 Å². The van der Waals surface area contributed by atoms with Crippen LogP contribution < -0.4 is 10.1 Å². The third kappa shape index (κ3) is 4.64. The summed E-state index contributed by atoms with van der Waals surface area (Å²) in [6, 6.07) is 4.62. The molecule has 1 aromatic heterocycles. The number of ether oxygens (including phenoxy) is 1. The van der Waals surface area contributed by atoms with Crippen molar-refractivity contribution in [2.75, 3.05) is 27.2 Å². The van der Waals surface area contributed by atoms with Crippen LogP contribution in [0.25, 0.3) is 0 Å². The van der Waals surface area contributed by atoms with Gasteiger partial charge in [-0.1, -0.05) is 0 Å². The summed E-state index contributed by atoms with van der Waals surface area (Å²) >= 11 is 0. The average Bonchev–Trinajstić information content (AvgIpc) is 2.38. The summed E-state index contributed by atoms with van der Waals surface area (Å²) in [4.78, 5) is 7.05. The van der Waals surface area contributed by atoms with E-state index in [-0.39, 0.29) is 12.4 Å². The van der Waals surface area contributed by atoms with Gasteiger partial charge in [0.25, 0.3) is 0 Å². The zero-order valence-corrected chi connectivity index (χ0v) is 12.8. The Balaban J connectivity index is 0.00000180. The lowest BCUT2D eigenvalue weighted by Crippen LogP contribution is -2.44. The number of nitrogens with one attached hydrogen (secondary N) is 1. The zero-order valence-electron chi connectivity index (χ0n) is 12.0. The molecule has 1 fully saturated rings. The first-order valence-corrected chi connectivity index (χ1v) is 6.62. The second kappa shape index (κ2) is 7.68. The maximum Gasteiger partial charge on any atom is 0.122 e. The van der Waals surface area contributed by atoms with Crippen molar-refractivity contribution in [1.29, 1.82) is 0 Å². The molecule has 5 heteroatoms. The largest absolute Gasteiger partial charge is 0.497 e. The maximum atomic E-state index is 5.30. The van der Waals surface area contributed by atoms with Gasteiger partial charge >= 0.3 is 0 Å². The van der Waals surface area contributed by atoms with Crippen molar-refractivity contribution in [3.63, 3.8) is 0 Å². The lowest BCUT2D eigenvalue weighted by molar-refractivity contribution is 0.186. The van der Waals surface area contributed by atoms with E-state index < -0.39 is 0 Å². The minimum atomic E-state index is 0. The Morgan fingerprint density at radius 3 is 2.95 bits per heavy atom. The maximum absolute atomic E-state index is 5.30. The summed E-state index contributed by atoms with van der Waals surface area (Å²) in [6.07, 6.45) is 2.53. The molecule has 1 aliphatic rings. The molecule has 1 aromatic rings. The SMILES string of the molecule is CNC1CCCN(Cc2cc(OC)cc(C)n2)C1.Cl. The number of likely N-dealkylation sites (N-methyl/N-ethyl adjacent to an activating group) is 1. The van der Waals surface area contributed by atoms with Crippen LogP contribution in [-0.2, 0) is 6.54 Å². The first-order valence-electron chi connectivity index (χ1n) is 6.62. The topological polar surface area (TPSA) is 37.4 Å². The van der Waals surface area contributed by atoms with E-state index >= 15 is 0 Å². The molecule has 0 bridgehead atoms. The van der Waals surface area contributed by atoms with Crippen molar-refractivity contribution in [2.45, 2.75) is 32.4 Å². The van der Waals surface area contributed by atoms with Crippen molar-refractivity contribution in [2.24, 2.45) is 0 Å². The Morgan fingerprint density at radius 2 is 2.26 bits per heavy atom. The van der Waals surface area contributed by atoms with E-state index in [0.29, 0.717) is 6.04 Å². The van der Waals surface area contributed by atoms with Crippen LogP contribution in [0.15, 0.2) is 12.1 Å². The number of methoxy groups -OCH3 is 1. The number of hydrogen-bond donors (Lipinski definition) is 1. The number of aryl methyl sites for hydroxylation is 1. The molecule has 1 aliphatic heterocycles. The van der Waals surface area contributed by atoms with E-state index in [0.717, 1.165) is 36.8 Å². The third-order valence-electron chi connectivity index (χ3n) is 3.52. The van der Waals surface area contributed by atoms with E-state index in [2.05, 4.69) is 15.2 Å². The summed E-state index contributed by atoms with van der Waals surface area (Å²) in [5.41, 5.74) is 2.12. The highest BCUT2D eigenvalue weighted by Crippen LogP contribution is 2.17. The van der Waals surface area contributed by atoms with Crippen LogP contribution in [0.5, 0.6) is 5.75 Å². The van der Waals surface area contributed by atoms with Gasteiger partial charge < -0.3 is 10.1 Å². The summed E-state index contributed by atoms with van der Waals surface area (Å²) in [6.45, 7) is 5.19. The molecule has 108 valence electrons. The van der Waals surface area contributed by atoms with Gasteiger partial charge in [-0.05, 0) is 33.4 Å². The lowest BCUT2D eigenvalue weighted by atomic mass is 10.1. The summed E-state index contributed by atoms with van der Waals surface area (Å²) < 4.78 is 5.30. The van der Waals surface area contributed by atoms with Gasteiger partial charge in [0.05, 0.1) is 12.8 Å². The monoisotopic (exact) mass is 285 g/mol. The van der Waals surface area contributed by atoms with Gasteiger partial charge in [-0.3, -0.25) is 9.88 Å². The van der Waals surface area contributed by atoms with Crippen molar-refractivity contribution < 1.29 is 4.74 Å². The average molecular weight is 286 g/mol. The molecule has 0 spiro atoms. The molecule has 19 heavy (non-hydrogen) atoms. The standard InChI is InChI=1S/C14H23N3O.ClH/c1-11-7-14(18-3)8-13(16-11)10-17-6-4-5-12(9-17)15-2;/h7-8,12,15H,4-6,9-10H2,1-3H3;1H. The number of piperidine rings is 1. The fourth-order valence-electron chi connectivity index (χ4n) is 2.57. The molecular weight excluding hydrogens is 262 g/mol. The number of aromatic nitrogens is 1. The van der Waals surface area contributed by atoms with Crippen LogP contribution in [0.2, 0.25) is 0 Å². The van der Waals surface area contributed by atoms with Crippen LogP contribution in [0.3, 0.4) is 0 Å². The van der Waals surface area contributed by atoms with Crippen molar-refractivity contribution in [3.05, 3.63) is 23.5 Å². The molecule has 1 atom stereocenters. The van der Waals surface area contributed by atoms with E-state index in [4.69, 9.17) is 4.74 Å². The van der Waals surface area contributed by atoms with Crippen LogP contribution in [0.4, 0.5) is 0 Å². The number of pyridine rings is 1. The van der Waals surface area contributed by atoms with Crippen molar-refractivity contribution in [1.82, 2.24) is 15.2 Å². The first-order chi connectivity index (χ1) is 8.71. The molecule has 0 amide bonds. The van der Waals surface area contributed by atoms with Gasteiger partial charge in [0.15, 0.2) is 0 Å². The van der Waals surface area contributed by atoms with Gasteiger partial charge in [0.2, 0.25) is 0 Å². The van der Waals surface area contributed by atoms with Crippen LogP contribution in [0.1, 0.15) is 24.2 Å². The fourth-order valence-corrected chi connectivity index (χ4v) is 2.57. The molecule has 0 aliphatic carbocycles. The number of hydrogen-bond acceptors (Lipinski definition) is 4. The normalized spacial score (nSPS) is 19.8. The second-order valence-electron chi connectivity index (χ2n) is 5.00. The molecule has 1 unspecified atom stereocenters. The highest BCUT2D eigenvalue weighted by Gasteiger charge is 2.18. The predicted octanol–water partition coefficient (Wildman–Crippen LogP) is 2.00. The van der Waals surface area contributed by atoms with Gasteiger partial charge in [-0.15, -0.1) is 12.4 Å². The van der Waals surface area contributed by atoms with Crippen molar-refractivity contribution in [3.8, 4) is 5.75 Å². The van der Waals surface area contributed by atoms with Crippen molar-refractivity contribution >= 4 is 12.4 Å². The molecule has 0 aromatic carbocycles. The van der Waals surface area contributed by atoms with Gasteiger partial charge in [-0.2, -0.15) is 0 Å². The third-order valence-corrected chi connectivity index (χ3v) is 3.52. The minimum Gasteiger partial charge on any atom is -0.497 e. The summed E-state index contributed by atoms with van der Waals surface area (Å²) in [7, 11) is 3.75. The predicted molar refractivity (Wildman–Crippen MR) is 80.1 cm³/mol. The second-order valence-corrected chi connectivity index (χ2v) is 5.00. The molecule has 2 heterocycles. The molecule has 4 nitrogen and oxygen atoms in total. The first kappa shape index (κ1) is 16.2. The van der Waals surface area contributed by atoms with Crippen LogP contribution in [0, 0.1) is 6.92 Å². The molecule has 0 radical (unpaired) electrons. The minimum absolute atomic E-state index is 0. The smallest absolute Gasteiger partial charge is 0.122 e. The van der Waals surface area contributed by atoms with E-state index in [1.165, 1.54) is 12.8 Å². The summed E-state index contributed by atoms with van der Waals surface area (Å²) in [5.74, 6) is 0.902. The highest BCUT2D eigenvalue weighted by atomic mass is 35.5. The number of rotatable bonds is 4. The quantitative estimate of drug-likeness (QED) is 0.918. The Morgan fingerprint density at radius 1 is 1.47 bits per heavy atom. The highest BCUT2D eigenvalue weighted by molar-refractivity contribution is 5.85. The Hall–Kier alpha value is -0.840. The van der Waals surface area contributed by atoms with Crippen LogP contribution >= 0.6 is 12.4 Å². The van der Waals surface area contributed by atoms with E-state index in [1.807, 2.05) is 26.1 Å². The molecule has 1 saturated heterocycles. The number of likely N-dealkylation sites (tertiary alicyclic amines) is 1. The molecule has 1 N–H and O–H groups in total. The molecule has 2 rings (SSSR count). The van der Waals surface area contributed by atoms with Gasteiger partial charge in [-0.25, -0.2) is 0 Å².